The van der Waals surface area contributed by atoms with Crippen molar-refractivity contribution in [2.45, 2.75) is 13.8 Å². The minimum atomic E-state index is -0.540. The van der Waals surface area contributed by atoms with Crippen molar-refractivity contribution in [1.29, 1.82) is 0 Å². The molecule has 0 aliphatic carbocycles. The first-order valence-electron chi connectivity index (χ1n) is 7.42. The number of ether oxygens (including phenoxy) is 2. The summed E-state index contributed by atoms with van der Waals surface area (Å²) in [6.45, 7) is 10.0. The van der Waals surface area contributed by atoms with E-state index in [1.54, 1.807) is 0 Å². The Morgan fingerprint density at radius 2 is 1.08 bits per heavy atom. The van der Waals surface area contributed by atoms with Gasteiger partial charge in [-0.05, 0) is 13.8 Å². The van der Waals surface area contributed by atoms with Crippen molar-refractivity contribution in [1.82, 2.24) is 21.3 Å². The fourth-order valence-electron chi connectivity index (χ4n) is 1.19. The first kappa shape index (κ1) is 22.0. The maximum absolute atomic E-state index is 11.4. The lowest BCUT2D eigenvalue weighted by molar-refractivity contribution is -0.139. The van der Waals surface area contributed by atoms with Crippen LogP contribution in [-0.4, -0.2) is 57.0 Å². The maximum Gasteiger partial charge on any atom is 0.333 e. The molecule has 4 N–H and O–H groups in total. The fourth-order valence-corrected chi connectivity index (χ4v) is 1.19. The second kappa shape index (κ2) is 12.4. The van der Waals surface area contributed by atoms with E-state index in [1.165, 1.54) is 13.8 Å². The molecule has 0 spiro atoms. The van der Waals surface area contributed by atoms with Crippen LogP contribution in [0.25, 0.3) is 0 Å². The van der Waals surface area contributed by atoms with Crippen molar-refractivity contribution < 1.29 is 28.7 Å². The quantitative estimate of drug-likeness (QED) is 0.185. The molecule has 0 atom stereocenters. The number of hydrogen-bond acceptors (Lipinski definition) is 6. The molecule has 0 aromatic rings. The zero-order valence-electron chi connectivity index (χ0n) is 14.4. The summed E-state index contributed by atoms with van der Waals surface area (Å²) in [6.07, 6.45) is 0. The molecule has 0 aromatic carbocycles. The van der Waals surface area contributed by atoms with Gasteiger partial charge in [0.25, 0.3) is 0 Å². The Morgan fingerprint density at radius 3 is 1.40 bits per heavy atom. The third-order valence-corrected chi connectivity index (χ3v) is 2.44. The molecule has 0 saturated carbocycles. The van der Waals surface area contributed by atoms with Gasteiger partial charge in [0.1, 0.15) is 13.2 Å². The molecule has 10 heteroatoms. The van der Waals surface area contributed by atoms with E-state index in [0.29, 0.717) is 0 Å². The van der Waals surface area contributed by atoms with Gasteiger partial charge >= 0.3 is 24.0 Å². The van der Waals surface area contributed by atoms with Crippen LogP contribution in [0.5, 0.6) is 0 Å². The molecular formula is C15H24N4O6. The Morgan fingerprint density at radius 1 is 0.720 bits per heavy atom. The van der Waals surface area contributed by atoms with E-state index in [4.69, 9.17) is 9.47 Å². The zero-order valence-corrected chi connectivity index (χ0v) is 14.4. The normalized spacial score (nSPS) is 9.36. The number of rotatable bonds is 10. The van der Waals surface area contributed by atoms with Gasteiger partial charge < -0.3 is 30.7 Å². The monoisotopic (exact) mass is 356 g/mol. The zero-order chi connectivity index (χ0) is 19.2. The number of carbonyl (C=O) groups excluding carboxylic acids is 4. The predicted octanol–water partition coefficient (Wildman–Crippen LogP) is -0.219. The lowest BCUT2D eigenvalue weighted by Crippen LogP contribution is -2.46. The summed E-state index contributed by atoms with van der Waals surface area (Å²) >= 11 is 0. The molecule has 0 aliphatic heterocycles. The molecule has 0 aromatic heterocycles. The first-order valence-corrected chi connectivity index (χ1v) is 7.42. The van der Waals surface area contributed by atoms with Crippen LogP contribution in [0.3, 0.4) is 0 Å². The number of esters is 2. The fraction of sp³-hybridized carbons (Fsp3) is 0.467. The second-order valence-corrected chi connectivity index (χ2v) is 4.87. The van der Waals surface area contributed by atoms with Crippen LogP contribution in [0.2, 0.25) is 0 Å². The van der Waals surface area contributed by atoms with Gasteiger partial charge in [0.15, 0.2) is 0 Å². The van der Waals surface area contributed by atoms with E-state index < -0.39 is 24.0 Å². The van der Waals surface area contributed by atoms with Crippen molar-refractivity contribution >= 4 is 24.0 Å². The van der Waals surface area contributed by atoms with E-state index in [1.807, 2.05) is 0 Å². The Bertz CT molecular complexity index is 486. The third kappa shape index (κ3) is 12.1. The molecule has 0 saturated heterocycles. The molecule has 0 unspecified atom stereocenters. The largest absolute Gasteiger partial charge is 0.460 e. The minimum absolute atomic E-state index is 0.00985. The molecular weight excluding hydrogens is 332 g/mol. The summed E-state index contributed by atoms with van der Waals surface area (Å²) in [7, 11) is 0. The van der Waals surface area contributed by atoms with Gasteiger partial charge in [-0.25, -0.2) is 19.2 Å². The summed E-state index contributed by atoms with van der Waals surface area (Å²) in [4.78, 5) is 44.9. The molecule has 10 nitrogen and oxygen atoms in total. The van der Waals surface area contributed by atoms with Crippen LogP contribution in [0.4, 0.5) is 9.59 Å². The molecule has 0 aliphatic rings. The van der Waals surface area contributed by atoms with Gasteiger partial charge in [-0.1, -0.05) is 13.2 Å². The highest BCUT2D eigenvalue weighted by Gasteiger charge is 2.05. The van der Waals surface area contributed by atoms with E-state index in [9.17, 15) is 19.2 Å². The molecule has 0 rings (SSSR count). The Hall–Kier alpha value is -3.04. The molecule has 140 valence electrons. The topological polar surface area (TPSA) is 135 Å². The average Bonchev–Trinajstić information content (AvgIpc) is 2.54. The standard InChI is InChI=1S/C15H24N4O6/c1-10(2)12(20)24-7-5-16-14(22)18-9-19-15(23)17-6-8-25-13(21)11(3)4/h1,3,5-9H2,2,4H3,(H2,16,18,22)(H2,17,19,23). The van der Waals surface area contributed by atoms with Crippen molar-refractivity contribution in [2.24, 2.45) is 0 Å². The summed E-state index contributed by atoms with van der Waals surface area (Å²) in [5.41, 5.74) is 0.545. The third-order valence-electron chi connectivity index (χ3n) is 2.44. The van der Waals surface area contributed by atoms with Gasteiger partial charge in [0, 0.05) is 11.1 Å². The predicted molar refractivity (Wildman–Crippen MR) is 89.5 cm³/mol. The number of nitrogens with one attached hydrogen (secondary N) is 4. The molecule has 0 heterocycles. The van der Waals surface area contributed by atoms with Crippen molar-refractivity contribution in [3.8, 4) is 0 Å². The average molecular weight is 356 g/mol. The van der Waals surface area contributed by atoms with Gasteiger partial charge in [-0.3, -0.25) is 0 Å². The molecule has 0 fully saturated rings. The van der Waals surface area contributed by atoms with Crippen LogP contribution in [-0.2, 0) is 19.1 Å². The smallest absolute Gasteiger partial charge is 0.333 e. The Balaban J connectivity index is 3.61. The highest BCUT2D eigenvalue weighted by molar-refractivity contribution is 5.87. The number of carbonyl (C=O) groups is 4. The molecule has 4 amide bonds. The maximum atomic E-state index is 11.4. The molecule has 25 heavy (non-hydrogen) atoms. The van der Waals surface area contributed by atoms with Gasteiger partial charge in [-0.15, -0.1) is 0 Å². The Kier molecular flexibility index (Phi) is 10.9. The minimum Gasteiger partial charge on any atom is -0.460 e. The summed E-state index contributed by atoms with van der Waals surface area (Å²) < 4.78 is 9.56. The van der Waals surface area contributed by atoms with E-state index in [2.05, 4.69) is 34.4 Å². The number of hydrogen-bond donors (Lipinski definition) is 4. The van der Waals surface area contributed by atoms with Crippen LogP contribution in [0, 0.1) is 0 Å². The van der Waals surface area contributed by atoms with E-state index >= 15 is 0 Å². The van der Waals surface area contributed by atoms with Gasteiger partial charge in [0.2, 0.25) is 0 Å². The second-order valence-electron chi connectivity index (χ2n) is 4.87. The first-order chi connectivity index (χ1) is 11.7. The highest BCUT2D eigenvalue weighted by atomic mass is 16.5. The van der Waals surface area contributed by atoms with Gasteiger partial charge in [-0.2, -0.15) is 0 Å². The summed E-state index contributed by atoms with van der Waals surface area (Å²) in [6, 6.07) is -1.08. The number of amides is 4. The van der Waals surface area contributed by atoms with Crippen LogP contribution < -0.4 is 21.3 Å². The van der Waals surface area contributed by atoms with Crippen molar-refractivity contribution in [3.63, 3.8) is 0 Å². The molecule has 0 bridgehead atoms. The summed E-state index contributed by atoms with van der Waals surface area (Å²) in [5.74, 6) is -1.07. The van der Waals surface area contributed by atoms with Crippen molar-refractivity contribution in [3.05, 3.63) is 24.3 Å². The van der Waals surface area contributed by atoms with Crippen LogP contribution in [0.15, 0.2) is 24.3 Å². The van der Waals surface area contributed by atoms with Gasteiger partial charge in [0.05, 0.1) is 19.8 Å². The van der Waals surface area contributed by atoms with E-state index in [-0.39, 0.29) is 44.1 Å². The lowest BCUT2D eigenvalue weighted by Gasteiger charge is -2.10. The van der Waals surface area contributed by atoms with Crippen LogP contribution >= 0.6 is 0 Å². The number of urea groups is 2. The molecule has 0 radical (unpaired) electrons. The highest BCUT2D eigenvalue weighted by Crippen LogP contribution is 1.91. The van der Waals surface area contributed by atoms with E-state index in [0.717, 1.165) is 0 Å². The van der Waals surface area contributed by atoms with Crippen molar-refractivity contribution in [2.75, 3.05) is 33.0 Å². The van der Waals surface area contributed by atoms with Crippen LogP contribution in [0.1, 0.15) is 13.8 Å². The lowest BCUT2D eigenvalue weighted by atomic mass is 10.4. The summed E-state index contributed by atoms with van der Waals surface area (Å²) in [5, 5.41) is 9.61. The SMILES string of the molecule is C=C(C)C(=O)OCCNC(=O)NCNC(=O)NCCOC(=O)C(=C)C. The Labute approximate surface area is 146 Å².